The maximum atomic E-state index is 13.5. The number of pyridine rings is 1. The fourth-order valence-electron chi connectivity index (χ4n) is 9.78. The molecule has 56 heavy (non-hydrogen) atoms. The van der Waals surface area contributed by atoms with Gasteiger partial charge in [0.2, 0.25) is 11.8 Å². The van der Waals surface area contributed by atoms with Crippen LogP contribution in [0.3, 0.4) is 0 Å². The van der Waals surface area contributed by atoms with Crippen LogP contribution in [0.5, 0.6) is 0 Å². The van der Waals surface area contributed by atoms with Crippen molar-refractivity contribution in [2.24, 2.45) is 17.3 Å². The molecule has 8 rings (SSSR count). The molecule has 12 nitrogen and oxygen atoms in total. The largest absolute Gasteiger partial charge is 0.374 e. The number of imide groups is 1. The summed E-state index contributed by atoms with van der Waals surface area (Å²) in [7, 11) is 0. The predicted octanol–water partition coefficient (Wildman–Crippen LogP) is 5.20. The van der Waals surface area contributed by atoms with Crippen molar-refractivity contribution in [2.75, 3.05) is 80.6 Å². The number of nitrogens with one attached hydrogen (secondary N) is 2. The molecule has 5 saturated heterocycles. The number of carbonyl (C=O) groups is 3. The van der Waals surface area contributed by atoms with E-state index in [1.54, 1.807) is 6.20 Å². The lowest BCUT2D eigenvalue weighted by Gasteiger charge is -2.40. The Kier molecular flexibility index (Phi) is 11.3. The number of amides is 3. The van der Waals surface area contributed by atoms with Gasteiger partial charge < -0.3 is 24.9 Å². The van der Waals surface area contributed by atoms with Crippen LogP contribution in [0.2, 0.25) is 0 Å². The molecule has 13 heteroatoms. The first kappa shape index (κ1) is 38.3. The molecular weight excluding hydrogens is 726 g/mol. The molecule has 0 bridgehead atoms. The van der Waals surface area contributed by atoms with E-state index >= 15 is 0 Å². The number of likely N-dealkylation sites (tertiary alicyclic amines) is 2. The molecule has 3 atom stereocenters. The zero-order chi connectivity index (χ0) is 38.8. The van der Waals surface area contributed by atoms with E-state index in [1.165, 1.54) is 0 Å². The van der Waals surface area contributed by atoms with Crippen LogP contribution in [0.1, 0.15) is 68.6 Å². The Hall–Kier alpha value is -4.60. The summed E-state index contributed by atoms with van der Waals surface area (Å²) in [4.78, 5) is 53.9. The van der Waals surface area contributed by atoms with Crippen molar-refractivity contribution in [3.8, 4) is 6.07 Å². The Morgan fingerprint density at radius 2 is 1.80 bits per heavy atom. The number of aromatic nitrogens is 1. The summed E-state index contributed by atoms with van der Waals surface area (Å²) >= 11 is 6.44. The standard InChI is InChI=1S/C43H54ClN9O3/c1-30-25-43(29-53(30)36-7-5-32(26-45)37(44)24-36)13-17-51(18-14-43)39-9-6-33(27-46-39)42(56)52-15-11-31(12-16-52)28-49-19-21-50(22-20-49)35-4-2-3-34(23-35)47-38-8-10-40(54)48-41(38)55/h2-4,6-7,9,23-24,27,30-32,38,47H,5,8,10-22,25,28-29H2,1H3,(H,48,54,55)/t30-,32?,38+/m0/s1. The van der Waals surface area contributed by atoms with E-state index in [0.29, 0.717) is 41.8 Å². The van der Waals surface area contributed by atoms with E-state index < -0.39 is 6.04 Å². The van der Waals surface area contributed by atoms with Gasteiger partial charge in [0.05, 0.1) is 17.6 Å². The predicted molar refractivity (Wildman–Crippen MR) is 218 cm³/mol. The van der Waals surface area contributed by atoms with Gasteiger partial charge >= 0.3 is 0 Å². The van der Waals surface area contributed by atoms with Crippen LogP contribution in [0.15, 0.2) is 65.5 Å². The van der Waals surface area contributed by atoms with Crippen molar-refractivity contribution in [3.05, 3.63) is 71.0 Å². The van der Waals surface area contributed by atoms with Gasteiger partial charge in [-0.1, -0.05) is 23.7 Å². The molecular formula is C43H54ClN9O3. The first-order valence-corrected chi connectivity index (χ1v) is 20.9. The van der Waals surface area contributed by atoms with Crippen LogP contribution in [0.4, 0.5) is 17.2 Å². The van der Waals surface area contributed by atoms with Gasteiger partial charge in [0.1, 0.15) is 11.9 Å². The van der Waals surface area contributed by atoms with Crippen molar-refractivity contribution < 1.29 is 14.4 Å². The lowest BCUT2D eigenvalue weighted by atomic mass is 9.77. The molecule has 3 amide bonds. The van der Waals surface area contributed by atoms with Crippen LogP contribution >= 0.6 is 11.6 Å². The van der Waals surface area contributed by atoms with Crippen LogP contribution < -0.4 is 20.4 Å². The number of benzene rings is 1. The minimum atomic E-state index is -0.391. The van der Waals surface area contributed by atoms with Crippen molar-refractivity contribution in [2.45, 2.75) is 70.4 Å². The zero-order valence-corrected chi connectivity index (χ0v) is 33.2. The average molecular weight is 780 g/mol. The number of allylic oxidation sites excluding steroid dienone is 3. The van der Waals surface area contributed by atoms with E-state index in [1.807, 2.05) is 35.2 Å². The molecule has 0 radical (unpaired) electrons. The molecule has 0 saturated carbocycles. The maximum absolute atomic E-state index is 13.5. The Bertz CT molecular complexity index is 1890. The van der Waals surface area contributed by atoms with Crippen molar-refractivity contribution >= 4 is 46.5 Å². The number of hydrogen-bond donors (Lipinski definition) is 2. The molecule has 1 aliphatic carbocycles. The van der Waals surface area contributed by atoms with Gasteiger partial charge in [0.25, 0.3) is 5.91 Å². The second-order valence-corrected chi connectivity index (χ2v) is 17.3. The average Bonchev–Trinajstić information content (AvgIpc) is 3.54. The number of nitrogens with zero attached hydrogens (tertiary/aromatic N) is 7. The Morgan fingerprint density at radius 1 is 1.02 bits per heavy atom. The van der Waals surface area contributed by atoms with E-state index in [2.05, 4.69) is 61.4 Å². The first-order chi connectivity index (χ1) is 27.1. The number of halogens is 1. The number of piperazine rings is 1. The quantitative estimate of drug-likeness (QED) is 0.345. The molecule has 6 aliphatic rings. The molecule has 2 aromatic rings. The van der Waals surface area contributed by atoms with Gasteiger partial charge in [-0.2, -0.15) is 5.26 Å². The molecule has 6 heterocycles. The number of carbonyl (C=O) groups excluding carboxylic acids is 3. The number of rotatable bonds is 8. The number of hydrogen-bond acceptors (Lipinski definition) is 10. The van der Waals surface area contributed by atoms with Gasteiger partial charge in [-0.15, -0.1) is 0 Å². The Labute approximate surface area is 335 Å². The summed E-state index contributed by atoms with van der Waals surface area (Å²) in [6, 6.07) is 14.5. The van der Waals surface area contributed by atoms with Crippen LogP contribution in [-0.2, 0) is 9.59 Å². The normalized spacial score (nSPS) is 26.1. The van der Waals surface area contributed by atoms with Gasteiger partial charge in [0, 0.05) is 106 Å². The molecule has 1 aromatic carbocycles. The number of nitriles is 1. The summed E-state index contributed by atoms with van der Waals surface area (Å²) < 4.78 is 0. The minimum absolute atomic E-state index is 0.0790. The molecule has 5 fully saturated rings. The smallest absolute Gasteiger partial charge is 0.255 e. The van der Waals surface area contributed by atoms with Crippen molar-refractivity contribution in [1.29, 1.82) is 5.26 Å². The summed E-state index contributed by atoms with van der Waals surface area (Å²) in [5.74, 6) is 0.916. The third kappa shape index (κ3) is 8.40. The highest BCUT2D eigenvalue weighted by atomic mass is 35.5. The second-order valence-electron chi connectivity index (χ2n) is 16.9. The summed E-state index contributed by atoms with van der Waals surface area (Å²) in [6.45, 7) is 11.7. The third-order valence-electron chi connectivity index (χ3n) is 13.2. The fourth-order valence-corrected chi connectivity index (χ4v) is 10.0. The zero-order valence-electron chi connectivity index (χ0n) is 32.5. The Balaban J connectivity index is 0.758. The van der Waals surface area contributed by atoms with Crippen LogP contribution in [0, 0.1) is 28.6 Å². The molecule has 2 N–H and O–H groups in total. The topological polar surface area (TPSA) is 128 Å². The van der Waals surface area contributed by atoms with Crippen molar-refractivity contribution in [3.63, 3.8) is 0 Å². The van der Waals surface area contributed by atoms with Gasteiger partial charge in [-0.3, -0.25) is 24.6 Å². The van der Waals surface area contributed by atoms with E-state index in [0.717, 1.165) is 120 Å². The summed E-state index contributed by atoms with van der Waals surface area (Å²) in [5.41, 5.74) is 4.13. The first-order valence-electron chi connectivity index (χ1n) is 20.6. The van der Waals surface area contributed by atoms with Crippen LogP contribution in [0.25, 0.3) is 0 Å². The highest BCUT2D eigenvalue weighted by Crippen LogP contribution is 2.46. The SMILES string of the molecule is C[C@H]1CC2(CCN(c3ccc(C(=O)N4CCC(CN5CCN(c6cccc(N[C@@H]7CCC(=O)NC7=O)c6)CC5)CC4)cn3)CC2)CN1C1=CCC(C#N)C(Cl)=C1. The maximum Gasteiger partial charge on any atom is 0.255 e. The fraction of sp³-hybridized carbons (Fsp3) is 0.558. The summed E-state index contributed by atoms with van der Waals surface area (Å²) in [6.07, 6.45) is 12.9. The van der Waals surface area contributed by atoms with Gasteiger partial charge in [-0.05, 0) is 99.6 Å². The van der Waals surface area contributed by atoms with E-state index in [9.17, 15) is 19.6 Å². The lowest BCUT2D eigenvalue weighted by molar-refractivity contribution is -0.133. The molecule has 296 valence electrons. The molecule has 1 unspecified atom stereocenters. The highest BCUT2D eigenvalue weighted by molar-refractivity contribution is 6.30. The Morgan fingerprint density at radius 3 is 2.50 bits per heavy atom. The van der Waals surface area contributed by atoms with Gasteiger partial charge in [-0.25, -0.2) is 4.98 Å². The van der Waals surface area contributed by atoms with Crippen LogP contribution in [-0.4, -0.2) is 115 Å². The minimum Gasteiger partial charge on any atom is -0.374 e. The monoisotopic (exact) mass is 779 g/mol. The van der Waals surface area contributed by atoms with E-state index in [-0.39, 0.29) is 29.1 Å². The number of anilines is 3. The highest BCUT2D eigenvalue weighted by Gasteiger charge is 2.45. The second kappa shape index (κ2) is 16.5. The van der Waals surface area contributed by atoms with Gasteiger partial charge in [0.15, 0.2) is 0 Å². The lowest BCUT2D eigenvalue weighted by Crippen LogP contribution is -2.49. The third-order valence-corrected chi connectivity index (χ3v) is 13.5. The number of piperidine rings is 3. The molecule has 1 spiro atoms. The van der Waals surface area contributed by atoms with Crippen molar-refractivity contribution in [1.82, 2.24) is 25.0 Å². The molecule has 5 aliphatic heterocycles. The molecule has 1 aromatic heterocycles. The van der Waals surface area contributed by atoms with E-state index in [4.69, 9.17) is 16.6 Å². The summed E-state index contributed by atoms with van der Waals surface area (Å²) in [5, 5.41) is 15.7.